The van der Waals surface area contributed by atoms with Crippen LogP contribution in [0.15, 0.2) is 127 Å². The van der Waals surface area contributed by atoms with E-state index in [1.165, 1.54) is 67.0 Å². The molecular weight excluding hydrogens is 509 g/mol. The van der Waals surface area contributed by atoms with E-state index in [1.54, 1.807) is 0 Å². The van der Waals surface area contributed by atoms with Crippen LogP contribution in [0.5, 0.6) is 0 Å². The normalized spacial score (nSPS) is 18.6. The van der Waals surface area contributed by atoms with Crippen LogP contribution in [-0.2, 0) is 12.0 Å². The molecule has 1 atom stereocenters. The van der Waals surface area contributed by atoms with Gasteiger partial charge in [-0.1, -0.05) is 126 Å². The highest BCUT2D eigenvalue weighted by Gasteiger charge is 2.60. The minimum atomic E-state index is -0.544. The third-order valence-electron chi connectivity index (χ3n) is 10.2. The van der Waals surface area contributed by atoms with Gasteiger partial charge in [0.25, 0.3) is 0 Å². The molecule has 202 valence electrons. The van der Waals surface area contributed by atoms with Crippen molar-refractivity contribution in [3.8, 4) is 0 Å². The highest BCUT2D eigenvalue weighted by Crippen LogP contribution is 2.61. The number of para-hydroxylation sites is 1. The quantitative estimate of drug-likeness (QED) is 0.271. The van der Waals surface area contributed by atoms with Crippen LogP contribution >= 0.6 is 0 Å². The maximum absolute atomic E-state index is 2.72. The van der Waals surface area contributed by atoms with E-state index in [4.69, 9.17) is 0 Å². The molecule has 0 N–H and O–H groups in total. The topological polar surface area (TPSA) is 9.72 Å². The summed E-state index contributed by atoms with van der Waals surface area (Å²) in [5.74, 6) is 0. The van der Waals surface area contributed by atoms with Crippen LogP contribution < -0.4 is 26.2 Å². The summed E-state index contributed by atoms with van der Waals surface area (Å²) < 4.78 is 0. The Morgan fingerprint density at radius 1 is 0.667 bits per heavy atom. The van der Waals surface area contributed by atoms with Crippen LogP contribution in [0, 0.1) is 13.8 Å². The minimum absolute atomic E-state index is 0.160. The second-order valence-corrected chi connectivity index (χ2v) is 12.3. The van der Waals surface area contributed by atoms with E-state index < -0.39 is 5.54 Å². The molecule has 4 heterocycles. The molecule has 4 heteroatoms. The number of anilines is 3. The van der Waals surface area contributed by atoms with Gasteiger partial charge in [0.2, 0.25) is 6.71 Å². The van der Waals surface area contributed by atoms with Crippen LogP contribution in [-0.4, -0.2) is 24.8 Å². The van der Waals surface area contributed by atoms with Gasteiger partial charge in [-0.3, -0.25) is 0 Å². The van der Waals surface area contributed by atoms with Gasteiger partial charge in [-0.05, 0) is 47.5 Å². The first-order chi connectivity index (χ1) is 20.6. The van der Waals surface area contributed by atoms with E-state index in [9.17, 15) is 0 Å². The maximum Gasteiger partial charge on any atom is 0.247 e. The number of likely N-dealkylation sites (N-methyl/N-ethyl adjacent to an activating group) is 1. The van der Waals surface area contributed by atoms with E-state index in [0.29, 0.717) is 0 Å². The first-order valence-electron chi connectivity index (χ1n) is 15.1. The first kappa shape index (κ1) is 24.0. The lowest BCUT2D eigenvalue weighted by Crippen LogP contribution is -2.65. The molecule has 1 unspecified atom stereocenters. The lowest BCUT2D eigenvalue weighted by Gasteiger charge is -2.56. The van der Waals surface area contributed by atoms with Crippen molar-refractivity contribution in [1.29, 1.82) is 0 Å². The van der Waals surface area contributed by atoms with Gasteiger partial charge in [-0.2, -0.15) is 0 Å². The predicted molar refractivity (Wildman–Crippen MR) is 175 cm³/mol. The molecule has 0 amide bonds. The van der Waals surface area contributed by atoms with Gasteiger partial charge in [-0.25, -0.2) is 0 Å². The predicted octanol–water partition coefficient (Wildman–Crippen LogP) is 5.70. The molecule has 0 bridgehead atoms. The Morgan fingerprint density at radius 2 is 1.31 bits per heavy atom. The van der Waals surface area contributed by atoms with Crippen molar-refractivity contribution in [2.45, 2.75) is 32.0 Å². The molecule has 5 aromatic rings. The van der Waals surface area contributed by atoms with Gasteiger partial charge in [0.15, 0.2) is 0 Å². The average Bonchev–Trinajstić information content (AvgIpc) is 3.57. The molecule has 42 heavy (non-hydrogen) atoms. The first-order valence-corrected chi connectivity index (χ1v) is 15.1. The Balaban J connectivity index is 1.48. The zero-order valence-corrected chi connectivity index (χ0v) is 24.3. The van der Waals surface area contributed by atoms with Crippen molar-refractivity contribution in [2.75, 3.05) is 16.8 Å². The Kier molecular flexibility index (Phi) is 4.80. The van der Waals surface area contributed by atoms with Crippen molar-refractivity contribution in [3.63, 3.8) is 0 Å². The molecule has 0 aromatic heterocycles. The molecule has 9 rings (SSSR count). The van der Waals surface area contributed by atoms with Crippen molar-refractivity contribution in [2.24, 2.45) is 0 Å². The minimum Gasteiger partial charge on any atom is -0.358 e. The number of aryl methyl sites for hydroxylation is 2. The Labute approximate surface area is 248 Å². The summed E-state index contributed by atoms with van der Waals surface area (Å²) in [7, 11) is 2.25. The fourth-order valence-corrected chi connectivity index (χ4v) is 8.55. The fraction of sp³-hybridized carbons (Fsp3) is 0.158. The van der Waals surface area contributed by atoms with Gasteiger partial charge in [0.05, 0.1) is 17.1 Å². The number of hydrogen-bond acceptors (Lipinski definition) is 3. The number of nitrogens with zero attached hydrogens (tertiary/aromatic N) is 3. The Morgan fingerprint density at radius 3 is 2.00 bits per heavy atom. The molecule has 5 aromatic carbocycles. The molecule has 0 radical (unpaired) electrons. The number of fused-ring (bicyclic) bond motifs is 2. The largest absolute Gasteiger partial charge is 0.358 e. The second-order valence-electron chi connectivity index (χ2n) is 12.3. The molecule has 4 aliphatic rings. The zero-order chi connectivity index (χ0) is 28.2. The van der Waals surface area contributed by atoms with Crippen molar-refractivity contribution in [3.05, 3.63) is 155 Å². The van der Waals surface area contributed by atoms with Crippen molar-refractivity contribution < 1.29 is 0 Å². The average molecular weight is 542 g/mol. The SMILES string of the molecule is Cc1cccc(C)c1B1c2ccccc2N2c3c1ccc1c3N3C(=CN(C)C3C1)C2(c1ccccc1)c1ccccc1. The summed E-state index contributed by atoms with van der Waals surface area (Å²) in [5.41, 5.74) is 15.7. The van der Waals surface area contributed by atoms with E-state index in [1.807, 2.05) is 0 Å². The lowest BCUT2D eigenvalue weighted by atomic mass is 9.33. The van der Waals surface area contributed by atoms with E-state index in [0.717, 1.165) is 6.42 Å². The van der Waals surface area contributed by atoms with Gasteiger partial charge in [0.1, 0.15) is 11.7 Å². The van der Waals surface area contributed by atoms with Crippen LogP contribution in [0.2, 0.25) is 0 Å². The smallest absolute Gasteiger partial charge is 0.247 e. The summed E-state index contributed by atoms with van der Waals surface area (Å²) in [6.07, 6.45) is 3.72. The summed E-state index contributed by atoms with van der Waals surface area (Å²) in [5, 5.41) is 0. The zero-order valence-electron chi connectivity index (χ0n) is 24.3. The van der Waals surface area contributed by atoms with Crippen LogP contribution in [0.3, 0.4) is 0 Å². The van der Waals surface area contributed by atoms with Crippen molar-refractivity contribution >= 4 is 40.2 Å². The van der Waals surface area contributed by atoms with Gasteiger partial charge < -0.3 is 14.7 Å². The third kappa shape index (κ3) is 2.82. The summed E-state index contributed by atoms with van der Waals surface area (Å²) in [6.45, 7) is 4.72. The van der Waals surface area contributed by atoms with E-state index in [-0.39, 0.29) is 12.9 Å². The molecular formula is C38H32BN3. The van der Waals surface area contributed by atoms with E-state index >= 15 is 0 Å². The van der Waals surface area contributed by atoms with Gasteiger partial charge in [-0.15, -0.1) is 0 Å². The highest BCUT2D eigenvalue weighted by atomic mass is 15.5. The molecule has 0 saturated heterocycles. The second kappa shape index (κ2) is 8.42. The summed E-state index contributed by atoms with van der Waals surface area (Å²) >= 11 is 0. The molecule has 0 fully saturated rings. The number of benzene rings is 5. The fourth-order valence-electron chi connectivity index (χ4n) is 8.55. The number of rotatable bonds is 3. The molecule has 0 spiro atoms. The summed E-state index contributed by atoms with van der Waals surface area (Å²) in [4.78, 5) is 7.84. The standard InChI is InChI=1S/C38H32BN3/c1-25-13-12-14-26(2)35(25)39-30-19-10-11-20-32(30)42-37-31(39)22-21-27-23-34-40(3)24-33(41(34)36(27)37)38(42,28-15-6-4-7-16-28)29-17-8-5-9-18-29/h4-22,24,34H,23H2,1-3H3. The molecule has 3 nitrogen and oxygen atoms in total. The lowest BCUT2D eigenvalue weighted by molar-refractivity contribution is 0.366. The monoisotopic (exact) mass is 541 g/mol. The van der Waals surface area contributed by atoms with Crippen LogP contribution in [0.1, 0.15) is 27.8 Å². The highest BCUT2D eigenvalue weighted by molar-refractivity contribution is 6.98. The Hall–Kier alpha value is -4.70. The molecule has 0 saturated carbocycles. The van der Waals surface area contributed by atoms with Crippen molar-refractivity contribution in [1.82, 2.24) is 4.90 Å². The molecule has 4 aliphatic heterocycles. The molecule has 0 aliphatic carbocycles. The maximum atomic E-state index is 2.72. The Bertz CT molecular complexity index is 1870. The number of hydrogen-bond donors (Lipinski definition) is 0. The van der Waals surface area contributed by atoms with Crippen LogP contribution in [0.25, 0.3) is 0 Å². The van der Waals surface area contributed by atoms with E-state index in [2.05, 4.69) is 157 Å². The summed E-state index contributed by atoms with van der Waals surface area (Å²) in [6, 6.07) is 43.2. The third-order valence-corrected chi connectivity index (χ3v) is 10.2. The van der Waals surface area contributed by atoms with Gasteiger partial charge >= 0.3 is 0 Å². The van der Waals surface area contributed by atoms with Crippen LogP contribution in [0.4, 0.5) is 17.1 Å². The van der Waals surface area contributed by atoms with Gasteiger partial charge in [0, 0.05) is 25.4 Å².